The normalized spacial score (nSPS) is 10.5. The van der Waals surface area contributed by atoms with Crippen molar-refractivity contribution in [3.63, 3.8) is 0 Å². The molecule has 0 aliphatic carbocycles. The zero-order valence-electron chi connectivity index (χ0n) is 9.54. The minimum Gasteiger partial charge on any atom is -0.494 e. The van der Waals surface area contributed by atoms with Gasteiger partial charge in [-0.25, -0.2) is 9.18 Å². The molecule has 0 saturated carbocycles. The molecule has 5 heteroatoms. The second-order valence-corrected chi connectivity index (χ2v) is 3.45. The number of rotatable bonds is 3. The molecule has 0 bridgehead atoms. The number of hydrogen-bond acceptors (Lipinski definition) is 3. The average molecular weight is 237 g/mol. The van der Waals surface area contributed by atoms with Crippen molar-refractivity contribution in [2.24, 2.45) is 0 Å². The first-order valence-electron chi connectivity index (χ1n) is 5.19. The summed E-state index contributed by atoms with van der Waals surface area (Å²) >= 11 is 0. The molecule has 0 spiro atoms. The lowest BCUT2D eigenvalue weighted by Crippen LogP contribution is -2.04. The molecular formula is C12H12FNO3. The van der Waals surface area contributed by atoms with Gasteiger partial charge in [0.25, 0.3) is 0 Å². The molecular weight excluding hydrogens is 225 g/mol. The second-order valence-electron chi connectivity index (χ2n) is 3.45. The quantitative estimate of drug-likeness (QED) is 0.834. The first-order valence-corrected chi connectivity index (χ1v) is 5.19. The average Bonchev–Trinajstić information content (AvgIpc) is 2.75. The predicted octanol–water partition coefficient (Wildman–Crippen LogP) is 2.49. The van der Waals surface area contributed by atoms with Crippen LogP contribution in [0, 0.1) is 5.82 Å². The first kappa shape index (κ1) is 11.4. The van der Waals surface area contributed by atoms with Crippen LogP contribution < -0.4 is 4.74 Å². The van der Waals surface area contributed by atoms with Crippen molar-refractivity contribution in [1.29, 1.82) is 0 Å². The van der Waals surface area contributed by atoms with Crippen LogP contribution in [0.2, 0.25) is 0 Å². The number of carbonyl (C=O) groups is 1. The van der Waals surface area contributed by atoms with Gasteiger partial charge in [-0.15, -0.1) is 0 Å². The Kier molecular flexibility index (Phi) is 2.99. The number of hydrogen-bond donors (Lipinski definition) is 1. The van der Waals surface area contributed by atoms with E-state index in [4.69, 9.17) is 9.47 Å². The second kappa shape index (κ2) is 4.45. The number of H-pyrrole nitrogens is 1. The van der Waals surface area contributed by atoms with Crippen LogP contribution >= 0.6 is 0 Å². The molecule has 0 aliphatic heterocycles. The summed E-state index contributed by atoms with van der Waals surface area (Å²) in [5.74, 6) is -0.842. The van der Waals surface area contributed by atoms with E-state index in [2.05, 4.69) is 4.98 Å². The number of fused-ring (bicyclic) bond motifs is 1. The fraction of sp³-hybridized carbons (Fsp3) is 0.250. The zero-order chi connectivity index (χ0) is 12.4. The fourth-order valence-corrected chi connectivity index (χ4v) is 1.62. The fourth-order valence-electron chi connectivity index (χ4n) is 1.62. The summed E-state index contributed by atoms with van der Waals surface area (Å²) in [6, 6.07) is 4.58. The third kappa shape index (κ3) is 1.95. The van der Waals surface area contributed by atoms with Crippen LogP contribution in [0.25, 0.3) is 10.9 Å². The number of methoxy groups -OCH3 is 1. The van der Waals surface area contributed by atoms with Crippen molar-refractivity contribution in [3.8, 4) is 5.75 Å². The van der Waals surface area contributed by atoms with Gasteiger partial charge in [0, 0.05) is 10.9 Å². The van der Waals surface area contributed by atoms with Crippen molar-refractivity contribution in [1.82, 2.24) is 4.98 Å². The van der Waals surface area contributed by atoms with Crippen molar-refractivity contribution >= 4 is 16.9 Å². The van der Waals surface area contributed by atoms with Gasteiger partial charge in [0.2, 0.25) is 0 Å². The number of esters is 1. The molecule has 0 fully saturated rings. The maximum Gasteiger partial charge on any atom is 0.354 e. The highest BCUT2D eigenvalue weighted by molar-refractivity contribution is 5.95. The van der Waals surface area contributed by atoms with Crippen LogP contribution in [-0.4, -0.2) is 24.7 Å². The number of carbonyl (C=O) groups excluding carboxylic acids is 1. The topological polar surface area (TPSA) is 51.3 Å². The molecule has 90 valence electrons. The highest BCUT2D eigenvalue weighted by Crippen LogP contribution is 2.26. The van der Waals surface area contributed by atoms with Gasteiger partial charge < -0.3 is 14.5 Å². The molecule has 0 radical (unpaired) electrons. The number of halogens is 1. The van der Waals surface area contributed by atoms with E-state index in [0.717, 1.165) is 0 Å². The molecule has 0 unspecified atom stereocenters. The van der Waals surface area contributed by atoms with Gasteiger partial charge >= 0.3 is 5.97 Å². The van der Waals surface area contributed by atoms with E-state index >= 15 is 0 Å². The van der Waals surface area contributed by atoms with E-state index in [-0.39, 0.29) is 18.1 Å². The molecule has 1 aromatic heterocycles. The smallest absolute Gasteiger partial charge is 0.354 e. The van der Waals surface area contributed by atoms with Crippen molar-refractivity contribution in [2.45, 2.75) is 6.92 Å². The Labute approximate surface area is 97.3 Å². The van der Waals surface area contributed by atoms with Gasteiger partial charge in [-0.05, 0) is 25.1 Å². The van der Waals surface area contributed by atoms with Crippen LogP contribution in [0.5, 0.6) is 5.75 Å². The molecule has 1 aromatic carbocycles. The van der Waals surface area contributed by atoms with E-state index in [9.17, 15) is 9.18 Å². The van der Waals surface area contributed by atoms with E-state index < -0.39 is 11.8 Å². The van der Waals surface area contributed by atoms with Gasteiger partial charge in [0.15, 0.2) is 11.6 Å². The summed E-state index contributed by atoms with van der Waals surface area (Å²) in [5.41, 5.74) is 0.764. The summed E-state index contributed by atoms with van der Waals surface area (Å²) in [7, 11) is 1.39. The standard InChI is InChI=1S/C12H12FNO3/c1-3-17-12(15)9-6-7-8(14-9)4-5-10(16-2)11(7)13/h4-6,14H,3H2,1-2H3. The summed E-state index contributed by atoms with van der Waals surface area (Å²) in [5, 5.41) is 0.312. The maximum atomic E-state index is 13.8. The Morgan fingerprint density at radius 3 is 2.88 bits per heavy atom. The summed E-state index contributed by atoms with van der Waals surface area (Å²) < 4.78 is 23.5. The maximum absolute atomic E-state index is 13.8. The number of ether oxygens (including phenoxy) is 2. The molecule has 2 rings (SSSR count). The Hall–Kier alpha value is -2.04. The number of aromatic amines is 1. The highest BCUT2D eigenvalue weighted by Gasteiger charge is 2.15. The van der Waals surface area contributed by atoms with Gasteiger partial charge in [-0.2, -0.15) is 0 Å². The van der Waals surface area contributed by atoms with Crippen molar-refractivity contribution < 1.29 is 18.7 Å². The van der Waals surface area contributed by atoms with E-state index in [1.807, 2.05) is 0 Å². The van der Waals surface area contributed by atoms with E-state index in [1.165, 1.54) is 19.2 Å². The number of benzene rings is 1. The molecule has 0 amide bonds. The number of aromatic nitrogens is 1. The van der Waals surface area contributed by atoms with Crippen LogP contribution in [-0.2, 0) is 4.74 Å². The molecule has 0 atom stereocenters. The summed E-state index contributed by atoms with van der Waals surface area (Å²) in [6.07, 6.45) is 0. The third-order valence-corrected chi connectivity index (χ3v) is 2.42. The minimum absolute atomic E-state index is 0.145. The monoisotopic (exact) mass is 237 g/mol. The SMILES string of the molecule is CCOC(=O)c1cc2c(F)c(OC)ccc2[nH]1. The third-order valence-electron chi connectivity index (χ3n) is 2.42. The summed E-state index contributed by atoms with van der Waals surface area (Å²) in [4.78, 5) is 14.3. The van der Waals surface area contributed by atoms with Crippen LogP contribution in [0.15, 0.2) is 18.2 Å². The lowest BCUT2D eigenvalue weighted by Gasteiger charge is -2.00. The van der Waals surface area contributed by atoms with E-state index in [0.29, 0.717) is 10.9 Å². The Morgan fingerprint density at radius 1 is 1.47 bits per heavy atom. The van der Waals surface area contributed by atoms with Crippen LogP contribution in [0.4, 0.5) is 4.39 Å². The Bertz CT molecular complexity index is 562. The van der Waals surface area contributed by atoms with Crippen molar-refractivity contribution in [3.05, 3.63) is 29.7 Å². The molecule has 1 heterocycles. The lowest BCUT2D eigenvalue weighted by atomic mass is 10.2. The summed E-state index contributed by atoms with van der Waals surface area (Å²) in [6.45, 7) is 1.99. The lowest BCUT2D eigenvalue weighted by molar-refractivity contribution is 0.0520. The predicted molar refractivity (Wildman–Crippen MR) is 60.8 cm³/mol. The molecule has 0 aliphatic rings. The molecule has 17 heavy (non-hydrogen) atoms. The minimum atomic E-state index is -0.498. The van der Waals surface area contributed by atoms with Crippen LogP contribution in [0.1, 0.15) is 17.4 Å². The van der Waals surface area contributed by atoms with Gasteiger partial charge in [-0.3, -0.25) is 0 Å². The Morgan fingerprint density at radius 2 is 2.24 bits per heavy atom. The first-order chi connectivity index (χ1) is 8.17. The molecule has 2 aromatic rings. The van der Waals surface area contributed by atoms with Crippen molar-refractivity contribution in [2.75, 3.05) is 13.7 Å². The van der Waals surface area contributed by atoms with Gasteiger partial charge in [0.1, 0.15) is 5.69 Å². The van der Waals surface area contributed by atoms with Crippen LogP contribution in [0.3, 0.4) is 0 Å². The van der Waals surface area contributed by atoms with Gasteiger partial charge in [0.05, 0.1) is 13.7 Å². The number of nitrogens with one attached hydrogen (secondary N) is 1. The van der Waals surface area contributed by atoms with E-state index in [1.54, 1.807) is 13.0 Å². The Balaban J connectivity index is 2.50. The molecule has 0 saturated heterocycles. The van der Waals surface area contributed by atoms with Gasteiger partial charge in [-0.1, -0.05) is 0 Å². The highest BCUT2D eigenvalue weighted by atomic mass is 19.1. The zero-order valence-corrected chi connectivity index (χ0v) is 9.54. The molecule has 1 N–H and O–H groups in total. The largest absolute Gasteiger partial charge is 0.494 e. The molecule has 4 nitrogen and oxygen atoms in total.